The van der Waals surface area contributed by atoms with Gasteiger partial charge in [0.05, 0.1) is 24.4 Å². The quantitative estimate of drug-likeness (QED) is 0.411. The minimum Gasteiger partial charge on any atom is -0.494 e. The number of hydrogen-bond acceptors (Lipinski definition) is 6. The fourth-order valence-electron chi connectivity index (χ4n) is 3.05. The molecule has 0 saturated heterocycles. The number of nitrogens with one attached hydrogen (secondary N) is 1. The summed E-state index contributed by atoms with van der Waals surface area (Å²) in [4.78, 5) is 10.5. The third kappa shape index (κ3) is 5.54. The van der Waals surface area contributed by atoms with E-state index in [0.717, 1.165) is 6.07 Å². The summed E-state index contributed by atoms with van der Waals surface area (Å²) in [6.45, 7) is -1.05. The maximum atomic E-state index is 14.6. The number of benzene rings is 3. The minimum atomic E-state index is -4.38. The Labute approximate surface area is 194 Å². The second kappa shape index (κ2) is 10.1. The Morgan fingerprint density at radius 2 is 1.88 bits per heavy atom. The number of carboxylic acid groups (broad SMARTS) is 1. The summed E-state index contributed by atoms with van der Waals surface area (Å²) in [5.74, 6) is -1.96. The van der Waals surface area contributed by atoms with Gasteiger partial charge in [-0.15, -0.1) is 0 Å². The first-order valence-corrected chi connectivity index (χ1v) is 11.3. The van der Waals surface area contributed by atoms with Crippen LogP contribution in [0.1, 0.15) is 5.56 Å². The van der Waals surface area contributed by atoms with Crippen LogP contribution in [0.3, 0.4) is 0 Å². The molecule has 3 aromatic carbocycles. The molecule has 0 bridgehead atoms. The lowest BCUT2D eigenvalue weighted by Gasteiger charge is -2.16. The lowest BCUT2D eigenvalue weighted by molar-refractivity contribution is -0.139. The van der Waals surface area contributed by atoms with Gasteiger partial charge in [-0.2, -0.15) is 0 Å². The number of carboxylic acids is 1. The van der Waals surface area contributed by atoms with Crippen molar-refractivity contribution in [3.05, 3.63) is 71.0 Å². The van der Waals surface area contributed by atoms with Crippen LogP contribution in [0.25, 0.3) is 11.1 Å². The Morgan fingerprint density at radius 3 is 2.55 bits per heavy atom. The molecular weight excluding hydrogens is 477 g/mol. The molecule has 174 valence electrons. The number of ether oxygens (including phenoxy) is 2. The van der Waals surface area contributed by atoms with Crippen LogP contribution in [0.4, 0.5) is 10.1 Å². The summed E-state index contributed by atoms with van der Waals surface area (Å²) in [7, 11) is -3.15. The molecule has 0 aliphatic rings. The van der Waals surface area contributed by atoms with Gasteiger partial charge in [-0.3, -0.25) is 4.72 Å². The maximum absolute atomic E-state index is 14.6. The molecular formula is C22H19ClFNO7S. The van der Waals surface area contributed by atoms with Crippen molar-refractivity contribution >= 4 is 33.3 Å². The Morgan fingerprint density at radius 1 is 1.15 bits per heavy atom. The van der Waals surface area contributed by atoms with E-state index in [2.05, 4.69) is 4.72 Å². The molecule has 3 N–H and O–H groups in total. The Balaban J connectivity index is 2.03. The van der Waals surface area contributed by atoms with Gasteiger partial charge in [0, 0.05) is 5.56 Å². The van der Waals surface area contributed by atoms with Crippen LogP contribution in [-0.4, -0.2) is 38.3 Å². The molecule has 0 heterocycles. The molecule has 0 atom stereocenters. The lowest BCUT2D eigenvalue weighted by Crippen LogP contribution is -2.16. The van der Waals surface area contributed by atoms with E-state index >= 15 is 0 Å². The summed E-state index contributed by atoms with van der Waals surface area (Å²) < 4.78 is 53.2. The second-order valence-electron chi connectivity index (χ2n) is 6.75. The summed E-state index contributed by atoms with van der Waals surface area (Å²) in [5, 5.41) is 18.2. The zero-order chi connectivity index (χ0) is 24.2. The van der Waals surface area contributed by atoms with Gasteiger partial charge in [0.25, 0.3) is 10.0 Å². The summed E-state index contributed by atoms with van der Waals surface area (Å²) in [6, 6.07) is 12.7. The van der Waals surface area contributed by atoms with Gasteiger partial charge in [-0.1, -0.05) is 35.9 Å². The Hall–Kier alpha value is -3.34. The number of aliphatic hydroxyl groups is 1. The monoisotopic (exact) mass is 495 g/mol. The van der Waals surface area contributed by atoms with Crippen molar-refractivity contribution in [3.63, 3.8) is 0 Å². The number of aliphatic carboxylic acids is 1. The SMILES string of the molecule is COc1c(Cl)cc(CO)cc1S(=O)(=O)Nc1cc(-c2ccccc2OCC(=O)O)ccc1F. The first-order valence-electron chi connectivity index (χ1n) is 9.40. The first kappa shape index (κ1) is 24.3. The fraction of sp³-hybridized carbons (Fsp3) is 0.136. The smallest absolute Gasteiger partial charge is 0.341 e. The topological polar surface area (TPSA) is 122 Å². The van der Waals surface area contributed by atoms with Crippen LogP contribution >= 0.6 is 11.6 Å². The molecule has 3 aromatic rings. The third-order valence-electron chi connectivity index (χ3n) is 4.51. The van der Waals surface area contributed by atoms with E-state index in [1.165, 1.54) is 31.4 Å². The number of halogens is 2. The highest BCUT2D eigenvalue weighted by molar-refractivity contribution is 7.92. The number of para-hydroxylation sites is 1. The van der Waals surface area contributed by atoms with Crippen LogP contribution in [0.5, 0.6) is 11.5 Å². The molecule has 0 fully saturated rings. The van der Waals surface area contributed by atoms with Crippen LogP contribution < -0.4 is 14.2 Å². The predicted octanol–water partition coefficient (Wildman–Crippen LogP) is 3.91. The van der Waals surface area contributed by atoms with Crippen molar-refractivity contribution in [1.29, 1.82) is 0 Å². The van der Waals surface area contributed by atoms with Crippen molar-refractivity contribution in [2.45, 2.75) is 11.5 Å². The van der Waals surface area contributed by atoms with Gasteiger partial charge >= 0.3 is 5.97 Å². The van der Waals surface area contributed by atoms with E-state index in [1.54, 1.807) is 24.3 Å². The van der Waals surface area contributed by atoms with Gasteiger partial charge < -0.3 is 19.7 Å². The molecule has 3 rings (SSSR count). The molecule has 11 heteroatoms. The zero-order valence-electron chi connectivity index (χ0n) is 17.2. The van der Waals surface area contributed by atoms with Crippen molar-refractivity contribution in [2.75, 3.05) is 18.4 Å². The Bertz CT molecular complexity index is 1300. The van der Waals surface area contributed by atoms with Crippen LogP contribution in [0.15, 0.2) is 59.5 Å². The van der Waals surface area contributed by atoms with E-state index in [4.69, 9.17) is 26.2 Å². The van der Waals surface area contributed by atoms with Gasteiger partial charge in [-0.25, -0.2) is 17.6 Å². The molecule has 0 aliphatic carbocycles. The van der Waals surface area contributed by atoms with Crippen LogP contribution in [0, 0.1) is 5.82 Å². The molecule has 0 aliphatic heterocycles. The van der Waals surface area contributed by atoms with E-state index in [0.29, 0.717) is 11.1 Å². The molecule has 0 saturated carbocycles. The summed E-state index contributed by atoms with van der Waals surface area (Å²) in [6.07, 6.45) is 0. The molecule has 0 unspecified atom stereocenters. The van der Waals surface area contributed by atoms with Crippen LogP contribution in [-0.2, 0) is 21.4 Å². The predicted molar refractivity (Wildman–Crippen MR) is 120 cm³/mol. The highest BCUT2D eigenvalue weighted by Crippen LogP contribution is 2.36. The highest BCUT2D eigenvalue weighted by atomic mass is 35.5. The number of carbonyl (C=O) groups is 1. The average molecular weight is 496 g/mol. The zero-order valence-corrected chi connectivity index (χ0v) is 18.8. The van der Waals surface area contributed by atoms with E-state index < -0.39 is 35.0 Å². The number of aliphatic hydroxyl groups excluding tert-OH is 1. The number of anilines is 1. The average Bonchev–Trinajstić information content (AvgIpc) is 2.78. The standard InChI is InChI=1S/C22H19ClFNO7S/c1-31-22-16(23)8-13(11-26)9-20(22)33(29,30)25-18-10-14(6-7-17(18)24)15-4-2-3-5-19(15)32-12-21(27)28/h2-10,25-26H,11-12H2,1H3,(H,27,28). The van der Waals surface area contributed by atoms with Gasteiger partial charge in [-0.05, 0) is 41.5 Å². The second-order valence-corrected chi connectivity index (χ2v) is 8.80. The van der Waals surface area contributed by atoms with Crippen molar-refractivity contribution in [2.24, 2.45) is 0 Å². The largest absolute Gasteiger partial charge is 0.494 e. The molecule has 0 aromatic heterocycles. The fourth-order valence-corrected chi connectivity index (χ4v) is 4.73. The van der Waals surface area contributed by atoms with E-state index in [9.17, 15) is 22.7 Å². The first-order chi connectivity index (χ1) is 15.7. The molecule has 0 radical (unpaired) electrons. The molecule has 33 heavy (non-hydrogen) atoms. The number of sulfonamides is 1. The molecule has 0 amide bonds. The van der Waals surface area contributed by atoms with E-state index in [1.807, 2.05) is 0 Å². The van der Waals surface area contributed by atoms with Gasteiger partial charge in [0.2, 0.25) is 0 Å². The maximum Gasteiger partial charge on any atom is 0.341 e. The van der Waals surface area contributed by atoms with Crippen molar-refractivity contribution in [1.82, 2.24) is 0 Å². The minimum absolute atomic E-state index is 0.0387. The van der Waals surface area contributed by atoms with Gasteiger partial charge in [0.15, 0.2) is 12.4 Å². The van der Waals surface area contributed by atoms with Gasteiger partial charge in [0.1, 0.15) is 16.5 Å². The van der Waals surface area contributed by atoms with Crippen LogP contribution in [0.2, 0.25) is 5.02 Å². The normalized spacial score (nSPS) is 11.2. The Kier molecular flexibility index (Phi) is 7.42. The molecule has 0 spiro atoms. The third-order valence-corrected chi connectivity index (χ3v) is 6.16. The lowest BCUT2D eigenvalue weighted by atomic mass is 10.0. The summed E-state index contributed by atoms with van der Waals surface area (Å²) >= 11 is 6.07. The number of rotatable bonds is 9. The highest BCUT2D eigenvalue weighted by Gasteiger charge is 2.24. The van der Waals surface area contributed by atoms with E-state index in [-0.39, 0.29) is 32.7 Å². The molecule has 8 nitrogen and oxygen atoms in total. The van der Waals surface area contributed by atoms with Crippen molar-refractivity contribution in [3.8, 4) is 22.6 Å². The number of methoxy groups -OCH3 is 1. The van der Waals surface area contributed by atoms with Crippen molar-refractivity contribution < 1.29 is 37.3 Å². The number of hydrogen-bond donors (Lipinski definition) is 3. The summed E-state index contributed by atoms with van der Waals surface area (Å²) in [5.41, 5.74) is 0.666.